The van der Waals surface area contributed by atoms with Gasteiger partial charge in [0.05, 0.1) is 44.5 Å². The molecule has 0 atom stereocenters. The van der Waals surface area contributed by atoms with Crippen LogP contribution in [0.15, 0.2) is 35.6 Å². The van der Waals surface area contributed by atoms with E-state index in [1.165, 1.54) is 13.3 Å². The molecule has 1 heterocycles. The molecule has 0 spiro atoms. The predicted molar refractivity (Wildman–Crippen MR) is 124 cm³/mol. The highest BCUT2D eigenvalue weighted by Gasteiger charge is 2.26. The van der Waals surface area contributed by atoms with Crippen LogP contribution in [0, 0.1) is 0 Å². The van der Waals surface area contributed by atoms with Crippen molar-refractivity contribution in [2.24, 2.45) is 0 Å². The molecule has 0 fully saturated rings. The van der Waals surface area contributed by atoms with E-state index in [1.54, 1.807) is 48.0 Å². The molecule has 2 amide bonds. The van der Waals surface area contributed by atoms with E-state index in [0.717, 1.165) is 0 Å². The molecule has 2 rings (SSSR count). The summed E-state index contributed by atoms with van der Waals surface area (Å²) in [5.41, 5.74) is 1.18. The largest absolute Gasteiger partial charge is 0.497 e. The van der Waals surface area contributed by atoms with Crippen molar-refractivity contribution in [3.05, 3.63) is 41.7 Å². The van der Waals surface area contributed by atoms with Gasteiger partial charge < -0.3 is 29.0 Å². The second-order valence-corrected chi connectivity index (χ2v) is 9.69. The topological polar surface area (TPSA) is 112 Å². The van der Waals surface area contributed by atoms with Gasteiger partial charge in [0, 0.05) is 33.4 Å². The molecule has 1 aromatic carbocycles. The Morgan fingerprint density at radius 1 is 1.18 bits per heavy atom. The molecule has 0 bridgehead atoms. The lowest BCUT2D eigenvalue weighted by molar-refractivity contribution is 0.143. The number of methoxy groups -OCH3 is 3. The van der Waals surface area contributed by atoms with Gasteiger partial charge in [-0.25, -0.2) is 18.2 Å². The van der Waals surface area contributed by atoms with Crippen molar-refractivity contribution in [1.29, 1.82) is 0 Å². The third kappa shape index (κ3) is 7.72. The Kier molecular flexibility index (Phi) is 10.1. The third-order valence-corrected chi connectivity index (χ3v) is 6.40. The number of imidazole rings is 1. The number of nitrogens with one attached hydrogen (secondary N) is 1. The fourth-order valence-corrected chi connectivity index (χ4v) is 4.73. The van der Waals surface area contributed by atoms with E-state index in [2.05, 4.69) is 10.3 Å². The maximum Gasteiger partial charge on any atom is 0.318 e. The van der Waals surface area contributed by atoms with Crippen molar-refractivity contribution >= 4 is 15.9 Å². The van der Waals surface area contributed by atoms with Crippen molar-refractivity contribution in [2.75, 3.05) is 41.1 Å². The van der Waals surface area contributed by atoms with Crippen molar-refractivity contribution in [3.8, 4) is 5.75 Å². The zero-order chi connectivity index (χ0) is 24.4. The zero-order valence-electron chi connectivity index (χ0n) is 19.9. The number of sulfone groups is 1. The van der Waals surface area contributed by atoms with Gasteiger partial charge in [-0.2, -0.15) is 0 Å². The highest BCUT2D eigenvalue weighted by molar-refractivity contribution is 7.90. The van der Waals surface area contributed by atoms with Gasteiger partial charge >= 0.3 is 6.03 Å². The number of rotatable bonds is 13. The lowest BCUT2D eigenvalue weighted by Gasteiger charge is -2.24. The second kappa shape index (κ2) is 12.6. The summed E-state index contributed by atoms with van der Waals surface area (Å²) in [5.74, 6) is 0.352. The molecule has 1 aromatic heterocycles. The lowest BCUT2D eigenvalue weighted by Crippen LogP contribution is -2.44. The Labute approximate surface area is 195 Å². The van der Waals surface area contributed by atoms with Crippen LogP contribution < -0.4 is 10.1 Å². The van der Waals surface area contributed by atoms with Gasteiger partial charge in [0.2, 0.25) is 15.0 Å². The molecule has 33 heavy (non-hydrogen) atoms. The Morgan fingerprint density at radius 2 is 1.91 bits per heavy atom. The van der Waals surface area contributed by atoms with E-state index in [1.807, 2.05) is 13.8 Å². The maximum absolute atomic E-state index is 13.3. The number of hydrogen-bond donors (Lipinski definition) is 1. The highest BCUT2D eigenvalue weighted by atomic mass is 32.2. The van der Waals surface area contributed by atoms with E-state index < -0.39 is 9.84 Å². The van der Waals surface area contributed by atoms with Crippen molar-refractivity contribution in [1.82, 2.24) is 19.8 Å². The van der Waals surface area contributed by atoms with Gasteiger partial charge in [0.25, 0.3) is 0 Å². The molecule has 10 nitrogen and oxygen atoms in total. The minimum Gasteiger partial charge on any atom is -0.497 e. The molecule has 0 aliphatic carbocycles. The Morgan fingerprint density at radius 3 is 2.55 bits per heavy atom. The standard InChI is InChI=1S/C22H34N4O6S/c1-17(2)24-21(27)25(9-11-30-3)15-19-14-23-22(26(19)10-12-31-4)33(28,29)16-18-7-6-8-20(13-18)32-5/h6-8,13-14,17H,9-12,15-16H2,1-5H3,(H,24,27). The number of hydrogen-bond acceptors (Lipinski definition) is 7. The quantitative estimate of drug-likeness (QED) is 0.465. The summed E-state index contributed by atoms with van der Waals surface area (Å²) in [5, 5.41) is 2.80. The number of urea groups is 1. The van der Waals surface area contributed by atoms with Crippen molar-refractivity contribution in [3.63, 3.8) is 0 Å². The van der Waals surface area contributed by atoms with Crippen LogP contribution in [0.1, 0.15) is 25.1 Å². The molecule has 11 heteroatoms. The van der Waals surface area contributed by atoms with Crippen LogP contribution in [-0.2, 0) is 38.2 Å². The van der Waals surface area contributed by atoms with Crippen LogP contribution in [0.25, 0.3) is 0 Å². The summed E-state index contributed by atoms with van der Waals surface area (Å²) in [4.78, 5) is 18.5. The second-order valence-electron chi connectivity index (χ2n) is 7.81. The molecule has 0 unspecified atom stereocenters. The van der Waals surface area contributed by atoms with E-state index >= 15 is 0 Å². The first-order valence-electron chi connectivity index (χ1n) is 10.6. The minimum atomic E-state index is -3.77. The highest BCUT2D eigenvalue weighted by Crippen LogP contribution is 2.21. The van der Waals surface area contributed by atoms with E-state index in [4.69, 9.17) is 14.2 Å². The maximum atomic E-state index is 13.3. The molecular formula is C22H34N4O6S. The average molecular weight is 483 g/mol. The monoisotopic (exact) mass is 482 g/mol. The number of amides is 2. The molecule has 0 saturated carbocycles. The van der Waals surface area contributed by atoms with E-state index in [0.29, 0.717) is 36.8 Å². The number of aromatic nitrogens is 2. The summed E-state index contributed by atoms with van der Waals surface area (Å²) in [6, 6.07) is 6.61. The van der Waals surface area contributed by atoms with E-state index in [-0.39, 0.29) is 36.1 Å². The normalized spacial score (nSPS) is 11.6. The fraction of sp³-hybridized carbons (Fsp3) is 0.545. The molecule has 0 aliphatic rings. The van der Waals surface area contributed by atoms with Crippen LogP contribution in [0.3, 0.4) is 0 Å². The Hall–Kier alpha value is -2.63. The first-order chi connectivity index (χ1) is 15.7. The van der Waals surface area contributed by atoms with Crippen molar-refractivity contribution < 1.29 is 27.4 Å². The minimum absolute atomic E-state index is 0.0419. The van der Waals surface area contributed by atoms with Gasteiger partial charge in [-0.05, 0) is 31.5 Å². The number of carbonyl (C=O) groups excluding carboxylic acids is 1. The molecule has 0 aliphatic heterocycles. The van der Waals surface area contributed by atoms with Crippen LogP contribution in [0.5, 0.6) is 5.75 Å². The fourth-order valence-electron chi connectivity index (χ4n) is 3.22. The van der Waals surface area contributed by atoms with Gasteiger partial charge in [-0.3, -0.25) is 0 Å². The van der Waals surface area contributed by atoms with Crippen molar-refractivity contribution in [2.45, 2.75) is 43.9 Å². The lowest BCUT2D eigenvalue weighted by atomic mass is 10.2. The predicted octanol–water partition coefficient (Wildman–Crippen LogP) is 2.08. The number of carbonyl (C=O) groups is 1. The molecule has 2 aromatic rings. The number of benzene rings is 1. The van der Waals surface area contributed by atoms with Gasteiger partial charge in [-0.15, -0.1) is 0 Å². The SMILES string of the molecule is COCCN(Cc1cnc(S(=O)(=O)Cc2cccc(OC)c2)n1CCOC)C(=O)NC(C)C. The Balaban J connectivity index is 2.36. The van der Waals surface area contributed by atoms with Crippen LogP contribution in [0.4, 0.5) is 4.79 Å². The van der Waals surface area contributed by atoms with Gasteiger partial charge in [-0.1, -0.05) is 12.1 Å². The summed E-state index contributed by atoms with van der Waals surface area (Å²) in [7, 11) is 0.860. The zero-order valence-corrected chi connectivity index (χ0v) is 20.7. The van der Waals surface area contributed by atoms with Crippen LogP contribution >= 0.6 is 0 Å². The molecule has 184 valence electrons. The summed E-state index contributed by atoms with van der Waals surface area (Å²) < 4.78 is 43.6. The first kappa shape index (κ1) is 26.6. The smallest absolute Gasteiger partial charge is 0.318 e. The number of nitrogens with zero attached hydrogens (tertiary/aromatic N) is 3. The third-order valence-electron chi connectivity index (χ3n) is 4.81. The first-order valence-corrected chi connectivity index (χ1v) is 12.3. The summed E-state index contributed by atoms with van der Waals surface area (Å²) in [6.07, 6.45) is 1.50. The van der Waals surface area contributed by atoms with Gasteiger partial charge in [0.15, 0.2) is 0 Å². The molecule has 0 radical (unpaired) electrons. The molecule has 0 saturated heterocycles. The Bertz CT molecular complexity index is 1010. The molecule has 1 N–H and O–H groups in total. The summed E-state index contributed by atoms with van der Waals surface area (Å²) >= 11 is 0. The summed E-state index contributed by atoms with van der Waals surface area (Å²) in [6.45, 7) is 5.18. The van der Waals surface area contributed by atoms with Gasteiger partial charge in [0.1, 0.15) is 5.75 Å². The molecular weight excluding hydrogens is 448 g/mol. The number of ether oxygens (including phenoxy) is 3. The average Bonchev–Trinajstić information content (AvgIpc) is 3.17. The van der Waals surface area contributed by atoms with E-state index in [9.17, 15) is 13.2 Å². The van der Waals surface area contributed by atoms with Crippen LogP contribution in [0.2, 0.25) is 0 Å². The van der Waals surface area contributed by atoms with Crippen LogP contribution in [-0.4, -0.2) is 76.0 Å².